The maximum absolute atomic E-state index is 5.72. The van der Waals surface area contributed by atoms with Crippen molar-refractivity contribution in [1.29, 1.82) is 0 Å². The van der Waals surface area contributed by atoms with Crippen molar-refractivity contribution < 1.29 is 0 Å². The zero-order valence-corrected chi connectivity index (χ0v) is 13.6. The fourth-order valence-corrected chi connectivity index (χ4v) is 3.45. The zero-order chi connectivity index (χ0) is 14.4. The lowest BCUT2D eigenvalue weighted by atomic mass is 10.2. The molecule has 1 saturated heterocycles. The molecule has 0 aliphatic carbocycles. The van der Waals surface area contributed by atoms with E-state index in [0.717, 1.165) is 38.5 Å². The molecule has 3 nitrogen and oxygen atoms in total. The van der Waals surface area contributed by atoms with Crippen LogP contribution in [0.15, 0.2) is 35.2 Å². The van der Waals surface area contributed by atoms with Crippen molar-refractivity contribution in [3.8, 4) is 0 Å². The number of benzene rings is 1. The van der Waals surface area contributed by atoms with E-state index in [1.54, 1.807) is 0 Å². The largest absolute Gasteiger partial charge is 0.392 e. The highest BCUT2D eigenvalue weighted by atomic mass is 32.2. The van der Waals surface area contributed by atoms with Gasteiger partial charge in [-0.1, -0.05) is 30.4 Å². The van der Waals surface area contributed by atoms with Gasteiger partial charge in [0.15, 0.2) is 0 Å². The van der Waals surface area contributed by atoms with Gasteiger partial charge < -0.3 is 5.73 Å². The average Bonchev–Trinajstić information content (AvgIpc) is 2.48. The molecule has 2 N–H and O–H groups in total. The first-order chi connectivity index (χ1) is 9.66. The Morgan fingerprint density at radius 3 is 2.50 bits per heavy atom. The van der Waals surface area contributed by atoms with Gasteiger partial charge in [-0.25, -0.2) is 0 Å². The number of nitrogens with zero attached hydrogens (tertiary/aromatic N) is 2. The van der Waals surface area contributed by atoms with E-state index in [1.807, 2.05) is 11.8 Å². The van der Waals surface area contributed by atoms with Crippen LogP contribution in [0, 0.1) is 0 Å². The lowest BCUT2D eigenvalue weighted by Crippen LogP contribution is -2.52. The van der Waals surface area contributed by atoms with Crippen LogP contribution in [0.3, 0.4) is 0 Å². The van der Waals surface area contributed by atoms with Crippen LogP contribution in [0.2, 0.25) is 0 Å². The number of piperazine rings is 1. The molecular formula is C15H23N3S2. The van der Waals surface area contributed by atoms with Crippen LogP contribution in [-0.4, -0.2) is 59.3 Å². The summed E-state index contributed by atoms with van der Waals surface area (Å²) >= 11 is 7.00. The second-order valence-electron chi connectivity index (χ2n) is 5.12. The molecule has 110 valence electrons. The summed E-state index contributed by atoms with van der Waals surface area (Å²) in [5, 5.41) is 0. The van der Waals surface area contributed by atoms with Gasteiger partial charge in [0.25, 0.3) is 0 Å². The van der Waals surface area contributed by atoms with Crippen LogP contribution in [0.5, 0.6) is 0 Å². The minimum absolute atomic E-state index is 0.228. The summed E-state index contributed by atoms with van der Waals surface area (Å²) < 4.78 is 0. The molecule has 1 aromatic rings. The van der Waals surface area contributed by atoms with Crippen molar-refractivity contribution in [2.24, 2.45) is 5.73 Å². The normalized spacial score (nSPS) is 18.9. The van der Waals surface area contributed by atoms with E-state index >= 15 is 0 Å². The highest BCUT2D eigenvalue weighted by molar-refractivity contribution is 7.99. The number of thiocarbonyl (C=S) groups is 1. The monoisotopic (exact) mass is 309 g/mol. The van der Waals surface area contributed by atoms with Crippen LogP contribution in [-0.2, 0) is 0 Å². The zero-order valence-electron chi connectivity index (χ0n) is 12.0. The molecule has 0 saturated carbocycles. The lowest BCUT2D eigenvalue weighted by molar-refractivity contribution is 0.128. The molecule has 0 aromatic heterocycles. The maximum Gasteiger partial charge on any atom is 0.0899 e. The molecule has 0 amide bonds. The SMILES string of the molecule is CC(C(N)=S)N1CCN(CCSc2ccccc2)CC1. The number of thioether (sulfide) groups is 1. The van der Waals surface area contributed by atoms with Gasteiger partial charge in [0.2, 0.25) is 0 Å². The second kappa shape index (κ2) is 7.98. The fraction of sp³-hybridized carbons (Fsp3) is 0.533. The van der Waals surface area contributed by atoms with E-state index in [4.69, 9.17) is 18.0 Å². The first-order valence-corrected chi connectivity index (χ1v) is 8.50. The van der Waals surface area contributed by atoms with E-state index in [1.165, 1.54) is 4.90 Å². The van der Waals surface area contributed by atoms with Gasteiger partial charge >= 0.3 is 0 Å². The molecule has 1 fully saturated rings. The molecule has 1 aliphatic heterocycles. The molecule has 2 rings (SSSR count). The lowest BCUT2D eigenvalue weighted by Gasteiger charge is -2.37. The summed E-state index contributed by atoms with van der Waals surface area (Å²) in [5.74, 6) is 1.15. The molecule has 0 bridgehead atoms. The van der Waals surface area contributed by atoms with E-state index < -0.39 is 0 Å². The summed E-state index contributed by atoms with van der Waals surface area (Å²) in [6.45, 7) is 7.60. The fourth-order valence-electron chi connectivity index (χ4n) is 2.36. The summed E-state index contributed by atoms with van der Waals surface area (Å²) in [6, 6.07) is 10.8. The topological polar surface area (TPSA) is 32.5 Å². The van der Waals surface area contributed by atoms with E-state index in [-0.39, 0.29) is 6.04 Å². The van der Waals surface area contributed by atoms with E-state index in [0.29, 0.717) is 4.99 Å². The molecule has 0 spiro atoms. The number of nitrogens with two attached hydrogens (primary N) is 1. The van der Waals surface area contributed by atoms with E-state index in [2.05, 4.69) is 47.1 Å². The van der Waals surface area contributed by atoms with Gasteiger partial charge in [0, 0.05) is 43.4 Å². The molecule has 20 heavy (non-hydrogen) atoms. The van der Waals surface area contributed by atoms with Gasteiger partial charge in [0.05, 0.1) is 11.0 Å². The van der Waals surface area contributed by atoms with Gasteiger partial charge in [-0.2, -0.15) is 0 Å². The first-order valence-electron chi connectivity index (χ1n) is 7.10. The Labute approximate surface area is 131 Å². The standard InChI is InChI=1S/C15H23N3S2/c1-13(15(16)19)18-9-7-17(8-10-18)11-12-20-14-5-3-2-4-6-14/h2-6,13H,7-12H2,1H3,(H2,16,19). The highest BCUT2D eigenvalue weighted by Crippen LogP contribution is 2.17. The molecule has 1 aliphatic rings. The molecule has 1 aromatic carbocycles. The van der Waals surface area contributed by atoms with Crippen molar-refractivity contribution in [3.63, 3.8) is 0 Å². The predicted octanol–water partition coefficient (Wildman–Crippen LogP) is 2.07. The van der Waals surface area contributed by atoms with Gasteiger partial charge in [0.1, 0.15) is 0 Å². The number of rotatable bonds is 6. The number of hydrogen-bond donors (Lipinski definition) is 1. The van der Waals surface area contributed by atoms with Crippen LogP contribution < -0.4 is 5.73 Å². The molecule has 1 atom stereocenters. The van der Waals surface area contributed by atoms with Crippen molar-refractivity contribution in [3.05, 3.63) is 30.3 Å². The Morgan fingerprint density at radius 2 is 1.90 bits per heavy atom. The molecule has 1 heterocycles. The van der Waals surface area contributed by atoms with Crippen LogP contribution >= 0.6 is 24.0 Å². The maximum atomic E-state index is 5.72. The third kappa shape index (κ3) is 4.74. The second-order valence-corrected chi connectivity index (χ2v) is 6.76. The summed E-state index contributed by atoms with van der Waals surface area (Å²) in [5.41, 5.74) is 5.72. The average molecular weight is 310 g/mol. The van der Waals surface area contributed by atoms with Crippen LogP contribution in [0.25, 0.3) is 0 Å². The third-order valence-corrected chi connectivity index (χ3v) is 5.12. The Morgan fingerprint density at radius 1 is 1.25 bits per heavy atom. The third-order valence-electron chi connectivity index (χ3n) is 3.79. The van der Waals surface area contributed by atoms with Gasteiger partial charge in [-0.15, -0.1) is 11.8 Å². The molecule has 0 radical (unpaired) electrons. The predicted molar refractivity (Wildman–Crippen MR) is 91.4 cm³/mol. The first kappa shape index (κ1) is 15.8. The Balaban J connectivity index is 1.66. The van der Waals surface area contributed by atoms with Gasteiger partial charge in [-0.05, 0) is 19.1 Å². The smallest absolute Gasteiger partial charge is 0.0899 e. The summed E-state index contributed by atoms with van der Waals surface area (Å²) in [4.78, 5) is 6.87. The van der Waals surface area contributed by atoms with Crippen molar-refractivity contribution >= 4 is 29.0 Å². The minimum atomic E-state index is 0.228. The summed E-state index contributed by atoms with van der Waals surface area (Å²) in [6.07, 6.45) is 0. The Bertz CT molecular complexity index is 416. The van der Waals surface area contributed by atoms with Crippen molar-refractivity contribution in [1.82, 2.24) is 9.80 Å². The quantitative estimate of drug-likeness (QED) is 0.642. The van der Waals surface area contributed by atoms with Gasteiger partial charge in [-0.3, -0.25) is 9.80 Å². The number of hydrogen-bond acceptors (Lipinski definition) is 4. The van der Waals surface area contributed by atoms with E-state index in [9.17, 15) is 0 Å². The Hall–Kier alpha value is -0.620. The molecular weight excluding hydrogens is 286 g/mol. The highest BCUT2D eigenvalue weighted by Gasteiger charge is 2.21. The minimum Gasteiger partial charge on any atom is -0.392 e. The van der Waals surface area contributed by atoms with Crippen LogP contribution in [0.4, 0.5) is 0 Å². The van der Waals surface area contributed by atoms with Crippen LogP contribution in [0.1, 0.15) is 6.92 Å². The Kier molecular flexibility index (Phi) is 6.29. The summed E-state index contributed by atoms with van der Waals surface area (Å²) in [7, 11) is 0. The van der Waals surface area contributed by atoms with Crippen molar-refractivity contribution in [2.45, 2.75) is 17.9 Å². The molecule has 1 unspecified atom stereocenters. The van der Waals surface area contributed by atoms with Crippen molar-refractivity contribution in [2.75, 3.05) is 38.5 Å². The molecule has 5 heteroatoms.